The number of halogens is 6. The molecule has 2 aromatic rings. The Hall–Kier alpha value is -2.36. The third kappa shape index (κ3) is 5.58. The minimum atomic E-state index is -4.65. The molecule has 0 aliphatic rings. The maximum absolute atomic E-state index is 12.9. The van der Waals surface area contributed by atoms with Crippen molar-refractivity contribution in [2.24, 2.45) is 0 Å². The van der Waals surface area contributed by atoms with Crippen LogP contribution in [0, 0.1) is 0 Å². The molecule has 3 nitrogen and oxygen atoms in total. The van der Waals surface area contributed by atoms with Gasteiger partial charge in [-0.15, -0.1) is 0 Å². The second-order valence-electron chi connectivity index (χ2n) is 4.96. The maximum atomic E-state index is 12.9. The van der Waals surface area contributed by atoms with E-state index in [2.05, 4.69) is 0 Å². The fraction of sp³-hybridized carbons (Fsp3) is 0.188. The highest BCUT2D eigenvalue weighted by Crippen LogP contribution is 2.40. The number of carboxylic acid groups (broad SMARTS) is 1. The van der Waals surface area contributed by atoms with E-state index in [4.69, 9.17) is 9.84 Å². The molecule has 10 heteroatoms. The second kappa shape index (κ2) is 7.48. The Kier molecular flexibility index (Phi) is 5.74. The molecule has 0 aliphatic heterocycles. The van der Waals surface area contributed by atoms with E-state index in [0.717, 1.165) is 30.3 Å². The predicted molar refractivity (Wildman–Crippen MR) is 81.9 cm³/mol. The van der Waals surface area contributed by atoms with Crippen molar-refractivity contribution < 1.29 is 41.0 Å². The van der Waals surface area contributed by atoms with Crippen molar-refractivity contribution >= 4 is 17.7 Å². The molecule has 0 radical (unpaired) electrons. The summed E-state index contributed by atoms with van der Waals surface area (Å²) in [6, 6.07) is 7.08. The number of carbonyl (C=O) groups is 1. The molecule has 26 heavy (non-hydrogen) atoms. The molecular formula is C16H10F6O3S. The van der Waals surface area contributed by atoms with Gasteiger partial charge in [0, 0.05) is 10.5 Å². The fourth-order valence-electron chi connectivity index (χ4n) is 2.03. The molecule has 0 aromatic heterocycles. The van der Waals surface area contributed by atoms with Gasteiger partial charge in [-0.3, -0.25) is 0 Å². The van der Waals surface area contributed by atoms with Gasteiger partial charge < -0.3 is 9.84 Å². The van der Waals surface area contributed by atoms with Gasteiger partial charge in [-0.1, -0.05) is 12.1 Å². The van der Waals surface area contributed by atoms with Crippen LogP contribution in [0.15, 0.2) is 47.4 Å². The van der Waals surface area contributed by atoms with Crippen molar-refractivity contribution in [1.82, 2.24) is 0 Å². The van der Waals surface area contributed by atoms with Crippen LogP contribution in [0.4, 0.5) is 26.3 Å². The Balaban J connectivity index is 2.42. The van der Waals surface area contributed by atoms with E-state index in [1.54, 1.807) is 0 Å². The monoisotopic (exact) mass is 396 g/mol. The number of rotatable bonds is 5. The zero-order valence-corrected chi connectivity index (χ0v) is 13.5. The summed E-state index contributed by atoms with van der Waals surface area (Å²) in [5.41, 5.74) is -5.41. The number of hydrogen-bond donors (Lipinski definition) is 1. The number of thioether (sulfide) groups is 1. The third-order valence-corrected chi connectivity index (χ3v) is 3.80. The average Bonchev–Trinajstić information content (AvgIpc) is 2.51. The van der Waals surface area contributed by atoms with E-state index in [0.29, 0.717) is 0 Å². The smallest absolute Gasteiger partial charge is 0.446 e. The number of alkyl halides is 6. The third-order valence-electron chi connectivity index (χ3n) is 3.06. The van der Waals surface area contributed by atoms with Gasteiger partial charge in [0.2, 0.25) is 0 Å². The summed E-state index contributed by atoms with van der Waals surface area (Å²) in [5.74, 6) is -1.45. The molecule has 0 bridgehead atoms. The zero-order valence-electron chi connectivity index (χ0n) is 12.7. The van der Waals surface area contributed by atoms with Crippen molar-refractivity contribution in [3.8, 4) is 16.9 Å². The first-order valence-electron chi connectivity index (χ1n) is 6.88. The molecule has 2 aromatic carbocycles. The summed E-state index contributed by atoms with van der Waals surface area (Å²) in [7, 11) is 0. The lowest BCUT2D eigenvalue weighted by molar-refractivity contribution is -0.140. The van der Waals surface area contributed by atoms with Crippen LogP contribution < -0.4 is 4.74 Å². The highest BCUT2D eigenvalue weighted by atomic mass is 32.2. The first-order chi connectivity index (χ1) is 12.0. The summed E-state index contributed by atoms with van der Waals surface area (Å²) in [5, 5.41) is 8.65. The topological polar surface area (TPSA) is 46.5 Å². The van der Waals surface area contributed by atoms with Gasteiger partial charge in [-0.05, 0) is 47.7 Å². The van der Waals surface area contributed by atoms with Crippen molar-refractivity contribution in [3.05, 3.63) is 48.0 Å². The molecule has 0 fully saturated rings. The van der Waals surface area contributed by atoms with E-state index in [-0.39, 0.29) is 33.5 Å². The standard InChI is InChI=1S/C16H10F6O3S/c17-15(18,19)10-3-6-13(25-8-14(23)24)12(7-10)9-1-4-11(5-2-9)26-16(20,21)22/h1-7H,8H2,(H,23,24). The normalized spacial score (nSPS) is 12.1. The Labute approximate surface area is 147 Å². The van der Waals surface area contributed by atoms with Gasteiger partial charge in [-0.25, -0.2) is 4.79 Å². The van der Waals surface area contributed by atoms with Crippen LogP contribution >= 0.6 is 11.8 Å². The molecule has 0 amide bonds. The molecule has 1 N–H and O–H groups in total. The Morgan fingerprint density at radius 1 is 1.00 bits per heavy atom. The second-order valence-corrected chi connectivity index (χ2v) is 6.10. The first kappa shape index (κ1) is 20.0. The summed E-state index contributed by atoms with van der Waals surface area (Å²) >= 11 is -0.359. The van der Waals surface area contributed by atoms with E-state index < -0.39 is 29.8 Å². The average molecular weight is 396 g/mol. The highest BCUT2D eigenvalue weighted by Gasteiger charge is 2.32. The first-order valence-corrected chi connectivity index (χ1v) is 7.69. The van der Waals surface area contributed by atoms with Gasteiger partial charge in [-0.2, -0.15) is 26.3 Å². The van der Waals surface area contributed by atoms with Gasteiger partial charge >= 0.3 is 17.7 Å². The van der Waals surface area contributed by atoms with Crippen molar-refractivity contribution in [2.75, 3.05) is 6.61 Å². The van der Waals surface area contributed by atoms with Gasteiger partial charge in [0.15, 0.2) is 6.61 Å². The molecule has 2 rings (SSSR count). The van der Waals surface area contributed by atoms with Crippen LogP contribution in [0.25, 0.3) is 11.1 Å². The molecular weight excluding hydrogens is 386 g/mol. The lowest BCUT2D eigenvalue weighted by Crippen LogP contribution is -2.11. The number of carboxylic acids is 1. The molecule has 0 unspecified atom stereocenters. The molecule has 0 saturated heterocycles. The lowest BCUT2D eigenvalue weighted by atomic mass is 10.0. The summed E-state index contributed by atoms with van der Waals surface area (Å²) < 4.78 is 80.8. The molecule has 140 valence electrons. The minimum absolute atomic E-state index is 0.0790. The maximum Gasteiger partial charge on any atom is 0.446 e. The molecule has 0 atom stereocenters. The summed E-state index contributed by atoms with van der Waals surface area (Å²) in [6.45, 7) is -0.777. The van der Waals surface area contributed by atoms with Crippen LogP contribution in [0.2, 0.25) is 0 Å². The van der Waals surface area contributed by atoms with Gasteiger partial charge in [0.05, 0.1) is 5.56 Å². The predicted octanol–water partition coefficient (Wildman–Crippen LogP) is 5.45. The van der Waals surface area contributed by atoms with E-state index in [1.807, 2.05) is 0 Å². The highest BCUT2D eigenvalue weighted by molar-refractivity contribution is 8.00. The van der Waals surface area contributed by atoms with Gasteiger partial charge in [0.1, 0.15) is 5.75 Å². The van der Waals surface area contributed by atoms with E-state index >= 15 is 0 Å². The molecule has 0 aliphatic carbocycles. The number of hydrogen-bond acceptors (Lipinski definition) is 3. The van der Waals surface area contributed by atoms with Crippen LogP contribution in [-0.4, -0.2) is 23.2 Å². The largest absolute Gasteiger partial charge is 0.481 e. The molecule has 0 spiro atoms. The molecule has 0 saturated carbocycles. The Bertz CT molecular complexity index is 784. The van der Waals surface area contributed by atoms with Crippen LogP contribution in [0.3, 0.4) is 0 Å². The number of benzene rings is 2. The van der Waals surface area contributed by atoms with E-state index in [9.17, 15) is 31.1 Å². The Morgan fingerprint density at radius 3 is 2.12 bits per heavy atom. The fourth-order valence-corrected chi connectivity index (χ4v) is 2.57. The minimum Gasteiger partial charge on any atom is -0.481 e. The SMILES string of the molecule is O=C(O)COc1ccc(C(F)(F)F)cc1-c1ccc(SC(F)(F)F)cc1. The number of ether oxygens (including phenoxy) is 1. The van der Waals surface area contributed by atoms with Crippen molar-refractivity contribution in [3.63, 3.8) is 0 Å². The van der Waals surface area contributed by atoms with Crippen LogP contribution in [0.1, 0.15) is 5.56 Å². The summed E-state index contributed by atoms with van der Waals surface area (Å²) in [6.07, 6.45) is -4.65. The van der Waals surface area contributed by atoms with Crippen LogP contribution in [-0.2, 0) is 11.0 Å². The van der Waals surface area contributed by atoms with Crippen molar-refractivity contribution in [2.45, 2.75) is 16.6 Å². The summed E-state index contributed by atoms with van der Waals surface area (Å²) in [4.78, 5) is 10.5. The van der Waals surface area contributed by atoms with Crippen LogP contribution in [0.5, 0.6) is 5.75 Å². The zero-order chi connectivity index (χ0) is 19.5. The van der Waals surface area contributed by atoms with Crippen molar-refractivity contribution in [1.29, 1.82) is 0 Å². The molecule has 0 heterocycles. The lowest BCUT2D eigenvalue weighted by Gasteiger charge is -2.14. The van der Waals surface area contributed by atoms with Gasteiger partial charge in [0.25, 0.3) is 0 Å². The van der Waals surface area contributed by atoms with E-state index in [1.165, 1.54) is 12.1 Å². The Morgan fingerprint density at radius 2 is 1.62 bits per heavy atom. The quantitative estimate of drug-likeness (QED) is 0.540. The number of aliphatic carboxylic acids is 1.